The number of hydrogen-bond acceptors (Lipinski definition) is 4. The first-order valence-corrected chi connectivity index (χ1v) is 10.9. The molecular weight excluding hydrogens is 480 g/mol. The van der Waals surface area contributed by atoms with Crippen LogP contribution in [-0.2, 0) is 6.61 Å². The van der Waals surface area contributed by atoms with Gasteiger partial charge in [0.15, 0.2) is 11.5 Å². The minimum absolute atomic E-state index is 0.275. The average molecular weight is 502 g/mol. The van der Waals surface area contributed by atoms with Gasteiger partial charge in [-0.05, 0) is 77.3 Å². The van der Waals surface area contributed by atoms with Gasteiger partial charge in [-0.25, -0.2) is 5.43 Å². The van der Waals surface area contributed by atoms with Crippen molar-refractivity contribution in [3.63, 3.8) is 0 Å². The highest BCUT2D eigenvalue weighted by atomic mass is 79.9. The third-order valence-corrected chi connectivity index (χ3v) is 5.16. The normalized spacial score (nSPS) is 10.8. The van der Waals surface area contributed by atoms with E-state index in [1.807, 2.05) is 62.4 Å². The Labute approximate surface area is 195 Å². The number of halogens is 2. The van der Waals surface area contributed by atoms with Crippen molar-refractivity contribution >= 4 is 39.7 Å². The van der Waals surface area contributed by atoms with Crippen molar-refractivity contribution in [2.75, 3.05) is 6.61 Å². The molecule has 0 unspecified atom stereocenters. The molecule has 0 aliphatic carbocycles. The average Bonchev–Trinajstić information content (AvgIpc) is 2.75. The number of rotatable bonds is 8. The van der Waals surface area contributed by atoms with E-state index in [-0.39, 0.29) is 5.91 Å². The van der Waals surface area contributed by atoms with E-state index < -0.39 is 0 Å². The van der Waals surface area contributed by atoms with Gasteiger partial charge in [-0.2, -0.15) is 5.10 Å². The van der Waals surface area contributed by atoms with Gasteiger partial charge in [0.1, 0.15) is 6.61 Å². The lowest BCUT2D eigenvalue weighted by Gasteiger charge is -2.14. The molecule has 1 amide bonds. The van der Waals surface area contributed by atoms with E-state index in [1.165, 1.54) is 0 Å². The zero-order valence-corrected chi connectivity index (χ0v) is 19.5. The van der Waals surface area contributed by atoms with Crippen LogP contribution in [0.3, 0.4) is 0 Å². The van der Waals surface area contributed by atoms with E-state index in [9.17, 15) is 4.79 Å². The number of hydrogen-bond donors (Lipinski definition) is 1. The van der Waals surface area contributed by atoms with E-state index in [0.717, 1.165) is 21.2 Å². The van der Waals surface area contributed by atoms with Crippen LogP contribution in [0.1, 0.15) is 34.0 Å². The van der Waals surface area contributed by atoms with E-state index in [0.29, 0.717) is 35.3 Å². The summed E-state index contributed by atoms with van der Waals surface area (Å²) in [6.45, 7) is 4.72. The zero-order valence-electron chi connectivity index (χ0n) is 17.2. The van der Waals surface area contributed by atoms with Gasteiger partial charge in [0.25, 0.3) is 5.91 Å². The highest BCUT2D eigenvalue weighted by Gasteiger charge is 2.12. The van der Waals surface area contributed by atoms with Gasteiger partial charge in [-0.1, -0.05) is 41.4 Å². The molecule has 160 valence electrons. The molecule has 3 aromatic rings. The number of amides is 1. The third-order valence-electron chi connectivity index (χ3n) is 4.32. The van der Waals surface area contributed by atoms with Crippen LogP contribution in [0.15, 0.2) is 70.2 Å². The number of ether oxygens (including phenoxy) is 2. The lowest BCUT2D eigenvalue weighted by atomic mass is 10.1. The number of benzene rings is 3. The summed E-state index contributed by atoms with van der Waals surface area (Å²) in [6, 6.07) is 18.4. The highest BCUT2D eigenvalue weighted by molar-refractivity contribution is 9.10. The van der Waals surface area contributed by atoms with Gasteiger partial charge in [-0.3, -0.25) is 4.79 Å². The predicted octanol–water partition coefficient (Wildman–Crippen LogP) is 6.15. The SMILES string of the molecule is CCOc1cc(/C=N/NC(=O)c2ccc(C)cc2)cc(Br)c1OCc1ccc(Cl)cc1. The number of aryl methyl sites for hydroxylation is 1. The summed E-state index contributed by atoms with van der Waals surface area (Å²) in [5.74, 6) is 0.901. The fraction of sp³-hybridized carbons (Fsp3) is 0.167. The van der Waals surface area contributed by atoms with E-state index >= 15 is 0 Å². The van der Waals surface area contributed by atoms with Crippen molar-refractivity contribution in [3.8, 4) is 11.5 Å². The van der Waals surface area contributed by atoms with E-state index in [1.54, 1.807) is 18.3 Å². The fourth-order valence-electron chi connectivity index (χ4n) is 2.74. The second kappa shape index (κ2) is 11.0. The Balaban J connectivity index is 1.71. The van der Waals surface area contributed by atoms with Gasteiger partial charge in [0, 0.05) is 10.6 Å². The Bertz CT molecular complexity index is 1070. The molecular formula is C24H22BrClN2O3. The number of hydrazone groups is 1. The smallest absolute Gasteiger partial charge is 0.271 e. The summed E-state index contributed by atoms with van der Waals surface area (Å²) in [5.41, 5.74) is 5.91. The molecule has 0 aliphatic rings. The minimum atomic E-state index is -0.275. The Kier molecular flexibility index (Phi) is 8.09. The summed E-state index contributed by atoms with van der Waals surface area (Å²) in [6.07, 6.45) is 1.56. The molecule has 0 fully saturated rings. The molecule has 31 heavy (non-hydrogen) atoms. The number of carbonyl (C=O) groups excluding carboxylic acids is 1. The quantitative estimate of drug-likeness (QED) is 0.297. The number of carbonyl (C=O) groups is 1. The maximum atomic E-state index is 12.2. The Morgan fingerprint density at radius 1 is 1.10 bits per heavy atom. The van der Waals surface area contributed by atoms with Gasteiger partial charge < -0.3 is 9.47 Å². The number of nitrogens with one attached hydrogen (secondary N) is 1. The zero-order chi connectivity index (χ0) is 22.2. The van der Waals surface area contributed by atoms with Gasteiger partial charge >= 0.3 is 0 Å². The Hall–Kier alpha value is -2.83. The molecule has 0 aromatic heterocycles. The monoisotopic (exact) mass is 500 g/mol. The Morgan fingerprint density at radius 3 is 2.48 bits per heavy atom. The van der Waals surface area contributed by atoms with Crippen LogP contribution in [0, 0.1) is 6.92 Å². The molecule has 0 atom stereocenters. The maximum absolute atomic E-state index is 12.2. The van der Waals surface area contributed by atoms with Crippen molar-refractivity contribution in [1.82, 2.24) is 5.43 Å². The van der Waals surface area contributed by atoms with Crippen LogP contribution < -0.4 is 14.9 Å². The van der Waals surface area contributed by atoms with Crippen LogP contribution in [-0.4, -0.2) is 18.7 Å². The topological polar surface area (TPSA) is 59.9 Å². The molecule has 7 heteroatoms. The van der Waals surface area contributed by atoms with Gasteiger partial charge in [0.2, 0.25) is 0 Å². The molecule has 0 bridgehead atoms. The summed E-state index contributed by atoms with van der Waals surface area (Å²) in [4.78, 5) is 12.2. The molecule has 3 aromatic carbocycles. The first kappa shape index (κ1) is 22.8. The lowest BCUT2D eigenvalue weighted by Crippen LogP contribution is -2.17. The predicted molar refractivity (Wildman–Crippen MR) is 127 cm³/mol. The molecule has 0 radical (unpaired) electrons. The van der Waals surface area contributed by atoms with Crippen LogP contribution in [0.4, 0.5) is 0 Å². The van der Waals surface area contributed by atoms with E-state index in [4.69, 9.17) is 21.1 Å². The second-order valence-corrected chi connectivity index (χ2v) is 8.03. The molecule has 3 rings (SSSR count). The van der Waals surface area contributed by atoms with Gasteiger partial charge in [-0.15, -0.1) is 0 Å². The summed E-state index contributed by atoms with van der Waals surface area (Å²) in [5, 5.41) is 4.74. The van der Waals surface area contributed by atoms with Crippen molar-refractivity contribution in [2.24, 2.45) is 5.10 Å². The van der Waals surface area contributed by atoms with Crippen LogP contribution >= 0.6 is 27.5 Å². The molecule has 0 aliphatic heterocycles. The first-order chi connectivity index (χ1) is 15.0. The Morgan fingerprint density at radius 2 is 1.81 bits per heavy atom. The largest absolute Gasteiger partial charge is 0.490 e. The summed E-state index contributed by atoms with van der Waals surface area (Å²) in [7, 11) is 0. The van der Waals surface area contributed by atoms with Crippen LogP contribution in [0.2, 0.25) is 5.02 Å². The second-order valence-electron chi connectivity index (χ2n) is 6.74. The third kappa shape index (κ3) is 6.57. The summed E-state index contributed by atoms with van der Waals surface area (Å²) < 4.78 is 12.5. The lowest BCUT2D eigenvalue weighted by molar-refractivity contribution is 0.0955. The molecule has 0 saturated carbocycles. The molecule has 1 N–H and O–H groups in total. The highest BCUT2D eigenvalue weighted by Crippen LogP contribution is 2.37. The van der Waals surface area contributed by atoms with Crippen molar-refractivity contribution in [1.29, 1.82) is 0 Å². The van der Waals surface area contributed by atoms with Crippen molar-refractivity contribution in [3.05, 3.63) is 92.4 Å². The molecule has 0 spiro atoms. The summed E-state index contributed by atoms with van der Waals surface area (Å²) >= 11 is 9.48. The van der Waals surface area contributed by atoms with Crippen molar-refractivity contribution in [2.45, 2.75) is 20.5 Å². The van der Waals surface area contributed by atoms with Gasteiger partial charge in [0.05, 0.1) is 17.3 Å². The molecule has 0 saturated heterocycles. The van der Waals surface area contributed by atoms with Crippen LogP contribution in [0.25, 0.3) is 0 Å². The minimum Gasteiger partial charge on any atom is -0.490 e. The van der Waals surface area contributed by atoms with E-state index in [2.05, 4.69) is 26.5 Å². The molecule has 0 heterocycles. The van der Waals surface area contributed by atoms with Crippen LogP contribution in [0.5, 0.6) is 11.5 Å². The van der Waals surface area contributed by atoms with Crippen molar-refractivity contribution < 1.29 is 14.3 Å². The fourth-order valence-corrected chi connectivity index (χ4v) is 3.44. The molecule has 5 nitrogen and oxygen atoms in total. The standard InChI is InChI=1S/C24H22BrClN2O3/c1-3-30-22-13-18(14-27-28-24(29)19-8-4-16(2)5-9-19)12-21(25)23(22)31-15-17-6-10-20(26)11-7-17/h4-14H,3,15H2,1-2H3,(H,28,29)/b27-14+. The first-order valence-electron chi connectivity index (χ1n) is 9.70. The number of nitrogens with zero attached hydrogens (tertiary/aromatic N) is 1. The maximum Gasteiger partial charge on any atom is 0.271 e.